The van der Waals surface area contributed by atoms with Crippen molar-refractivity contribution in [3.05, 3.63) is 59.1 Å². The van der Waals surface area contributed by atoms with Crippen molar-refractivity contribution in [1.82, 2.24) is 4.98 Å². The van der Waals surface area contributed by atoms with Gasteiger partial charge < -0.3 is 19.1 Å². The highest BCUT2D eigenvalue weighted by Gasteiger charge is 2.19. The Morgan fingerprint density at radius 3 is 2.46 bits per heavy atom. The molecular weight excluding hydrogens is 539 g/mol. The van der Waals surface area contributed by atoms with E-state index in [0.717, 1.165) is 6.26 Å². The van der Waals surface area contributed by atoms with Crippen molar-refractivity contribution >= 4 is 39.6 Å². The normalized spacial score (nSPS) is 14.0. The van der Waals surface area contributed by atoms with Crippen LogP contribution < -0.4 is 14.8 Å². The summed E-state index contributed by atoms with van der Waals surface area (Å²) in [6.07, 6.45) is 0.741. The summed E-state index contributed by atoms with van der Waals surface area (Å²) in [6, 6.07) is 10.4. The molecule has 0 radical (unpaired) electrons. The lowest BCUT2D eigenvalue weighted by atomic mass is 10.2. The summed E-state index contributed by atoms with van der Waals surface area (Å²) in [5.41, 5.74) is 0.757. The summed E-state index contributed by atoms with van der Waals surface area (Å²) in [7, 11) is -6.18. The molecule has 0 aliphatic heterocycles. The number of hydrogen-bond donors (Lipinski definition) is 2. The molecule has 0 saturated heterocycles. The monoisotopic (exact) mass is 568 g/mol. The lowest BCUT2D eigenvalue weighted by Crippen LogP contribution is -2.17. The first-order chi connectivity index (χ1) is 17.4. The number of aromatic nitrogens is 1. The lowest BCUT2D eigenvalue weighted by Gasteiger charge is -2.15. The molecule has 1 amide bonds. The molecule has 200 valence electrons. The predicted molar refractivity (Wildman–Crippen MR) is 142 cm³/mol. The van der Waals surface area contributed by atoms with Crippen LogP contribution in [0.5, 0.6) is 17.2 Å². The molecule has 0 aliphatic rings. The van der Waals surface area contributed by atoms with Crippen molar-refractivity contribution < 1.29 is 36.9 Å². The summed E-state index contributed by atoms with van der Waals surface area (Å²) in [6.45, 7) is 5.09. The van der Waals surface area contributed by atoms with Gasteiger partial charge in [-0.2, -0.15) is 0 Å². The summed E-state index contributed by atoms with van der Waals surface area (Å²) in [4.78, 5) is 17.5. The maximum Gasteiger partial charge on any atom is 0.257 e. The molecule has 3 aromatic rings. The number of thiazole rings is 1. The molecule has 37 heavy (non-hydrogen) atoms. The molecule has 1 unspecified atom stereocenters. The Bertz CT molecular complexity index is 1390. The summed E-state index contributed by atoms with van der Waals surface area (Å²) < 4.78 is 52.6. The third-order valence-corrected chi connectivity index (χ3v) is 8.49. The van der Waals surface area contributed by atoms with Crippen molar-refractivity contribution in [2.75, 3.05) is 31.5 Å². The molecule has 0 spiro atoms. The number of nitrogens with zero attached hydrogens (tertiary/aromatic N) is 1. The molecule has 1 heterocycles. The molecule has 1 aromatic heterocycles. The zero-order valence-corrected chi connectivity index (χ0v) is 23.4. The van der Waals surface area contributed by atoms with E-state index in [0.29, 0.717) is 28.9 Å². The fourth-order valence-electron chi connectivity index (χ4n) is 3.21. The van der Waals surface area contributed by atoms with Gasteiger partial charge in [-0.25, -0.2) is 13.4 Å². The number of sulfone groups is 1. The van der Waals surface area contributed by atoms with Crippen molar-refractivity contribution in [3.63, 3.8) is 0 Å². The fraction of sp³-hybridized carbons (Fsp3) is 0.333. The van der Waals surface area contributed by atoms with Gasteiger partial charge in [0.05, 0.1) is 30.0 Å². The van der Waals surface area contributed by atoms with Crippen molar-refractivity contribution in [3.8, 4) is 17.2 Å². The van der Waals surface area contributed by atoms with E-state index in [1.165, 1.54) is 47.7 Å². The first-order valence-electron chi connectivity index (χ1n) is 11.3. The number of benzene rings is 2. The van der Waals surface area contributed by atoms with Crippen LogP contribution in [0.4, 0.5) is 5.13 Å². The van der Waals surface area contributed by atoms with Crippen LogP contribution >= 0.6 is 18.7 Å². The van der Waals surface area contributed by atoms with E-state index >= 15 is 0 Å². The predicted octanol–water partition coefficient (Wildman–Crippen LogP) is 4.80. The number of hydrogen-bond acceptors (Lipinski definition) is 10. The topological polar surface area (TPSA) is 141 Å². The second-order valence-corrected chi connectivity index (χ2v) is 13.8. The fourth-order valence-corrected chi connectivity index (χ4v) is 6.06. The van der Waals surface area contributed by atoms with Gasteiger partial charge in [-0.3, -0.25) is 14.7 Å². The Morgan fingerprint density at radius 2 is 1.84 bits per heavy atom. The Hall–Kier alpha value is -2.76. The molecule has 0 bridgehead atoms. The van der Waals surface area contributed by atoms with Gasteiger partial charge in [-0.05, 0) is 50.2 Å². The van der Waals surface area contributed by atoms with E-state index in [1.54, 1.807) is 32.0 Å². The molecule has 2 N–H and O–H groups in total. The summed E-state index contributed by atoms with van der Waals surface area (Å²) in [5.74, 6) is 0.433. The van der Waals surface area contributed by atoms with E-state index in [9.17, 15) is 22.9 Å². The lowest BCUT2D eigenvalue weighted by molar-refractivity contribution is 0.102. The minimum Gasteiger partial charge on any atom is -0.488 e. The second kappa shape index (κ2) is 12.2. The van der Waals surface area contributed by atoms with Crippen LogP contribution in [0.1, 0.15) is 29.9 Å². The molecule has 0 saturated carbocycles. The van der Waals surface area contributed by atoms with Crippen LogP contribution in [-0.2, 0) is 25.1 Å². The Kier molecular flexibility index (Phi) is 9.49. The summed E-state index contributed by atoms with van der Waals surface area (Å²) in [5, 5.41) is 14.1. The average Bonchev–Trinajstić information content (AvgIpc) is 3.24. The second-order valence-electron chi connectivity index (χ2n) is 8.34. The average molecular weight is 569 g/mol. The van der Waals surface area contributed by atoms with E-state index in [4.69, 9.17) is 14.0 Å². The highest BCUT2D eigenvalue weighted by atomic mass is 32.2. The van der Waals surface area contributed by atoms with Gasteiger partial charge in [0.1, 0.15) is 23.4 Å². The van der Waals surface area contributed by atoms with Crippen LogP contribution in [0.2, 0.25) is 0 Å². The molecule has 2 aromatic carbocycles. The van der Waals surface area contributed by atoms with Crippen LogP contribution in [-0.4, -0.2) is 56.7 Å². The number of aliphatic hydroxyl groups excluding tert-OH is 1. The molecule has 0 aliphatic carbocycles. The molecule has 13 heteroatoms. The number of rotatable bonds is 12. The van der Waals surface area contributed by atoms with Gasteiger partial charge in [-0.1, -0.05) is 0 Å². The number of aliphatic hydroxyl groups is 1. The van der Waals surface area contributed by atoms with Gasteiger partial charge in [0, 0.05) is 29.9 Å². The quantitative estimate of drug-likeness (QED) is 0.295. The van der Waals surface area contributed by atoms with Crippen LogP contribution in [0.3, 0.4) is 0 Å². The number of amides is 1. The highest BCUT2D eigenvalue weighted by Crippen LogP contribution is 2.46. The van der Waals surface area contributed by atoms with Crippen molar-refractivity contribution in [1.29, 1.82) is 0 Å². The molecule has 3 rings (SSSR count). The number of carbonyl (C=O) groups is 1. The Labute approximate surface area is 220 Å². The van der Waals surface area contributed by atoms with E-state index < -0.39 is 29.2 Å². The number of anilines is 1. The Morgan fingerprint density at radius 1 is 1.16 bits per heavy atom. The highest BCUT2D eigenvalue weighted by molar-refractivity contribution is 7.90. The van der Waals surface area contributed by atoms with Crippen LogP contribution in [0, 0.1) is 0 Å². The Balaban J connectivity index is 1.82. The van der Waals surface area contributed by atoms with Crippen LogP contribution in [0.15, 0.2) is 52.7 Å². The standard InChI is InChI=1S/C24H29N2O8PS2/c1-5-32-35(3,29)14-18-15-36-24(25-18)26-23(28)17-10-20(33-16(2)13-27)12-21(11-17)34-19-6-8-22(9-7-19)37(4,30)31/h6-12,15-16,27H,5,13-14H2,1-4H3,(H,25,26,28)/t16-,35?/m0/s1. The van der Waals surface area contributed by atoms with Crippen LogP contribution in [0.25, 0.3) is 0 Å². The molecule has 2 atom stereocenters. The first-order valence-corrected chi connectivity index (χ1v) is 16.3. The summed E-state index contributed by atoms with van der Waals surface area (Å²) >= 11 is 1.20. The number of nitrogens with one attached hydrogen (secondary N) is 1. The minimum atomic E-state index is -3.35. The van der Waals surface area contributed by atoms with Crippen molar-refractivity contribution in [2.45, 2.75) is 31.0 Å². The smallest absolute Gasteiger partial charge is 0.257 e. The van der Waals surface area contributed by atoms with Gasteiger partial charge >= 0.3 is 0 Å². The first kappa shape index (κ1) is 28.8. The third-order valence-electron chi connectivity index (χ3n) is 4.85. The molecule has 10 nitrogen and oxygen atoms in total. The number of carbonyl (C=O) groups excluding carboxylic acids is 1. The van der Waals surface area contributed by atoms with E-state index in [2.05, 4.69) is 10.3 Å². The maximum absolute atomic E-state index is 13.0. The minimum absolute atomic E-state index is 0.150. The third kappa shape index (κ3) is 8.65. The SMILES string of the molecule is CCOP(C)(=O)Cc1csc(NC(=O)c2cc(Oc3ccc(S(C)(=O)=O)cc3)cc(O[C@@H](C)CO)c2)n1. The maximum atomic E-state index is 13.0. The van der Waals surface area contributed by atoms with Gasteiger partial charge in [0.15, 0.2) is 15.0 Å². The van der Waals surface area contributed by atoms with E-state index in [1.807, 2.05) is 0 Å². The van der Waals surface area contributed by atoms with Gasteiger partial charge in [-0.15, -0.1) is 11.3 Å². The van der Waals surface area contributed by atoms with Gasteiger partial charge in [0.25, 0.3) is 5.91 Å². The zero-order chi connectivity index (χ0) is 27.2. The zero-order valence-electron chi connectivity index (χ0n) is 20.8. The largest absolute Gasteiger partial charge is 0.488 e. The number of ether oxygens (including phenoxy) is 2. The molecule has 0 fully saturated rings. The molecular formula is C24H29N2O8PS2. The van der Waals surface area contributed by atoms with Gasteiger partial charge in [0.2, 0.25) is 7.37 Å². The van der Waals surface area contributed by atoms with Crippen molar-refractivity contribution in [2.24, 2.45) is 0 Å². The van der Waals surface area contributed by atoms with E-state index in [-0.39, 0.29) is 29.0 Å².